The van der Waals surface area contributed by atoms with Crippen LogP contribution in [0.1, 0.15) is 41.7 Å². The van der Waals surface area contributed by atoms with Crippen molar-refractivity contribution in [2.75, 3.05) is 7.11 Å². The van der Waals surface area contributed by atoms with Crippen molar-refractivity contribution in [3.63, 3.8) is 0 Å². The summed E-state index contributed by atoms with van der Waals surface area (Å²) in [4.78, 5) is 10.9. The van der Waals surface area contributed by atoms with E-state index in [2.05, 4.69) is 0 Å². The molecular formula is C25H22F2O5. The Morgan fingerprint density at radius 2 is 1.94 bits per heavy atom. The van der Waals surface area contributed by atoms with Crippen LogP contribution < -0.4 is 9.47 Å². The third-order valence-electron chi connectivity index (χ3n) is 5.62. The SMILES string of the molecule is COc1ccc(F)c(-c2ccc(C3CCc4ccc([C@H](O)CC(=O)O)cc4O3)c(F)c2)c1. The Hall–Kier alpha value is -3.45. The highest BCUT2D eigenvalue weighted by atomic mass is 19.1. The van der Waals surface area contributed by atoms with E-state index in [0.717, 1.165) is 5.56 Å². The van der Waals surface area contributed by atoms with Crippen LogP contribution in [0.5, 0.6) is 11.5 Å². The van der Waals surface area contributed by atoms with Crippen molar-refractivity contribution in [2.24, 2.45) is 0 Å². The quantitative estimate of drug-likeness (QED) is 0.550. The fraction of sp³-hybridized carbons (Fsp3) is 0.240. The Balaban J connectivity index is 1.59. The molecule has 4 rings (SSSR count). The lowest BCUT2D eigenvalue weighted by Crippen LogP contribution is -2.17. The molecule has 2 N–H and O–H groups in total. The van der Waals surface area contributed by atoms with Crippen molar-refractivity contribution in [2.45, 2.75) is 31.5 Å². The minimum Gasteiger partial charge on any atom is -0.497 e. The number of aliphatic carboxylic acids is 1. The lowest BCUT2D eigenvalue weighted by molar-refractivity contribution is -0.139. The number of hydrogen-bond acceptors (Lipinski definition) is 4. The number of aliphatic hydroxyl groups excluding tert-OH is 1. The van der Waals surface area contributed by atoms with Gasteiger partial charge in [-0.25, -0.2) is 8.78 Å². The highest BCUT2D eigenvalue weighted by molar-refractivity contribution is 5.68. The second kappa shape index (κ2) is 8.96. The predicted molar refractivity (Wildman–Crippen MR) is 114 cm³/mol. The summed E-state index contributed by atoms with van der Waals surface area (Å²) < 4.78 is 40.4. The molecule has 3 aromatic rings. The van der Waals surface area contributed by atoms with Gasteiger partial charge >= 0.3 is 5.97 Å². The monoisotopic (exact) mass is 440 g/mol. The number of carboxylic acid groups (broad SMARTS) is 1. The van der Waals surface area contributed by atoms with Gasteiger partial charge in [-0.05, 0) is 59.9 Å². The molecule has 0 aromatic heterocycles. The molecule has 0 amide bonds. The second-order valence-corrected chi connectivity index (χ2v) is 7.71. The predicted octanol–water partition coefficient (Wildman–Crippen LogP) is 5.21. The van der Waals surface area contributed by atoms with E-state index in [9.17, 15) is 14.3 Å². The van der Waals surface area contributed by atoms with Gasteiger partial charge in [-0.1, -0.05) is 24.3 Å². The molecule has 0 spiro atoms. The molecule has 0 fully saturated rings. The Morgan fingerprint density at radius 3 is 2.66 bits per heavy atom. The number of fused-ring (bicyclic) bond motifs is 1. The first-order valence-electron chi connectivity index (χ1n) is 10.2. The van der Waals surface area contributed by atoms with Gasteiger partial charge in [0.05, 0.1) is 19.6 Å². The molecule has 0 aliphatic carbocycles. The summed E-state index contributed by atoms with van der Waals surface area (Å²) in [5.41, 5.74) is 2.30. The molecule has 1 heterocycles. The topological polar surface area (TPSA) is 76.0 Å². The average Bonchev–Trinajstić information content (AvgIpc) is 2.78. The Morgan fingerprint density at radius 1 is 1.12 bits per heavy atom. The van der Waals surface area contributed by atoms with E-state index < -0.39 is 36.2 Å². The van der Waals surface area contributed by atoms with E-state index in [1.165, 1.54) is 31.4 Å². The van der Waals surface area contributed by atoms with Crippen molar-refractivity contribution < 1.29 is 33.3 Å². The molecule has 0 saturated carbocycles. The molecule has 2 atom stereocenters. The maximum absolute atomic E-state index is 15.0. The zero-order chi connectivity index (χ0) is 22.8. The molecule has 0 radical (unpaired) electrons. The van der Waals surface area contributed by atoms with Gasteiger partial charge in [-0.15, -0.1) is 0 Å². The molecular weight excluding hydrogens is 418 g/mol. The van der Waals surface area contributed by atoms with Crippen molar-refractivity contribution in [3.05, 3.63) is 82.9 Å². The van der Waals surface area contributed by atoms with Crippen molar-refractivity contribution >= 4 is 5.97 Å². The van der Waals surface area contributed by atoms with Gasteiger partial charge in [0, 0.05) is 11.1 Å². The minimum atomic E-state index is -1.16. The average molecular weight is 440 g/mol. The van der Waals surface area contributed by atoms with Gasteiger partial charge in [0.2, 0.25) is 0 Å². The molecule has 1 unspecified atom stereocenters. The number of methoxy groups -OCH3 is 1. The summed E-state index contributed by atoms with van der Waals surface area (Å²) >= 11 is 0. The van der Waals surface area contributed by atoms with E-state index in [4.69, 9.17) is 14.6 Å². The smallest absolute Gasteiger partial charge is 0.306 e. The second-order valence-electron chi connectivity index (χ2n) is 7.71. The number of aryl methyl sites for hydroxylation is 1. The summed E-state index contributed by atoms with van der Waals surface area (Å²) in [6.07, 6.45) is -0.942. The number of carboxylic acids is 1. The summed E-state index contributed by atoms with van der Waals surface area (Å²) in [5.74, 6) is -1.14. The van der Waals surface area contributed by atoms with Gasteiger partial charge < -0.3 is 19.7 Å². The summed E-state index contributed by atoms with van der Waals surface area (Å²) in [5, 5.41) is 19.0. The van der Waals surface area contributed by atoms with E-state index in [1.54, 1.807) is 30.3 Å². The maximum atomic E-state index is 15.0. The van der Waals surface area contributed by atoms with E-state index in [0.29, 0.717) is 41.0 Å². The highest BCUT2D eigenvalue weighted by Crippen LogP contribution is 2.38. The van der Waals surface area contributed by atoms with Crippen LogP contribution in [0.3, 0.4) is 0 Å². The Kier molecular flexibility index (Phi) is 6.10. The summed E-state index contributed by atoms with van der Waals surface area (Å²) in [6, 6.07) is 13.9. The maximum Gasteiger partial charge on any atom is 0.306 e. The number of benzene rings is 3. The zero-order valence-electron chi connectivity index (χ0n) is 17.3. The molecule has 5 nitrogen and oxygen atoms in total. The number of rotatable bonds is 6. The normalized spacial score (nSPS) is 16.1. The first-order chi connectivity index (χ1) is 15.4. The molecule has 7 heteroatoms. The van der Waals surface area contributed by atoms with Crippen molar-refractivity contribution in [1.82, 2.24) is 0 Å². The van der Waals surface area contributed by atoms with Crippen LogP contribution in [0.2, 0.25) is 0 Å². The van der Waals surface area contributed by atoms with Crippen LogP contribution in [-0.4, -0.2) is 23.3 Å². The summed E-state index contributed by atoms with van der Waals surface area (Å²) in [6.45, 7) is 0. The van der Waals surface area contributed by atoms with Crippen molar-refractivity contribution in [3.8, 4) is 22.6 Å². The van der Waals surface area contributed by atoms with E-state index >= 15 is 4.39 Å². The van der Waals surface area contributed by atoms with Crippen molar-refractivity contribution in [1.29, 1.82) is 0 Å². The first kappa shape index (κ1) is 21.8. The number of aliphatic hydroxyl groups is 1. The number of carbonyl (C=O) groups is 1. The first-order valence-corrected chi connectivity index (χ1v) is 10.2. The Labute approximate surface area is 183 Å². The van der Waals surface area contributed by atoms with Gasteiger partial charge in [0.25, 0.3) is 0 Å². The lowest BCUT2D eigenvalue weighted by atomic mass is 9.93. The van der Waals surface area contributed by atoms with Gasteiger partial charge in [-0.2, -0.15) is 0 Å². The molecule has 1 aliphatic heterocycles. The minimum absolute atomic E-state index is 0.238. The highest BCUT2D eigenvalue weighted by Gasteiger charge is 2.25. The number of hydrogen-bond donors (Lipinski definition) is 2. The fourth-order valence-electron chi connectivity index (χ4n) is 3.90. The van der Waals surface area contributed by atoms with Crippen LogP contribution in [-0.2, 0) is 11.2 Å². The lowest BCUT2D eigenvalue weighted by Gasteiger charge is -2.27. The third kappa shape index (κ3) is 4.43. The molecule has 32 heavy (non-hydrogen) atoms. The van der Waals surface area contributed by atoms with Gasteiger partial charge in [0.15, 0.2) is 0 Å². The number of ether oxygens (including phenoxy) is 2. The summed E-state index contributed by atoms with van der Waals surface area (Å²) in [7, 11) is 1.48. The molecule has 166 valence electrons. The molecule has 0 bridgehead atoms. The standard InChI is InChI=1S/C25H22F2O5/c1-31-17-6-8-20(26)19(12-17)15-4-7-18(21(27)10-15)23-9-5-14-2-3-16(11-24(14)32-23)22(28)13-25(29)30/h2-4,6-8,10-12,22-23,28H,5,9,13H2,1H3,(H,29,30)/t22-,23?/m1/s1. The van der Waals surface area contributed by atoms with Crippen LogP contribution in [0.4, 0.5) is 8.78 Å². The largest absolute Gasteiger partial charge is 0.497 e. The van der Waals surface area contributed by atoms with Gasteiger partial charge in [0.1, 0.15) is 29.2 Å². The fourth-order valence-corrected chi connectivity index (χ4v) is 3.90. The van der Waals surface area contributed by atoms with E-state index in [-0.39, 0.29) is 5.56 Å². The van der Waals surface area contributed by atoms with Crippen LogP contribution in [0.15, 0.2) is 54.6 Å². The number of halogens is 2. The van der Waals surface area contributed by atoms with Crippen LogP contribution >= 0.6 is 0 Å². The Bertz CT molecular complexity index is 1160. The van der Waals surface area contributed by atoms with Crippen LogP contribution in [0, 0.1) is 11.6 Å². The molecule has 0 saturated heterocycles. The molecule has 1 aliphatic rings. The van der Waals surface area contributed by atoms with E-state index in [1.807, 2.05) is 0 Å². The zero-order valence-corrected chi connectivity index (χ0v) is 17.3. The third-order valence-corrected chi connectivity index (χ3v) is 5.62. The van der Waals surface area contributed by atoms with Gasteiger partial charge in [-0.3, -0.25) is 4.79 Å². The van der Waals surface area contributed by atoms with Crippen LogP contribution in [0.25, 0.3) is 11.1 Å². The molecule has 3 aromatic carbocycles.